The van der Waals surface area contributed by atoms with E-state index in [4.69, 9.17) is 30.4 Å². The maximum absolute atomic E-state index is 14.8. The Balaban J connectivity index is 1.66. The van der Waals surface area contributed by atoms with Gasteiger partial charge in [0.05, 0.1) is 29.6 Å². The Morgan fingerprint density at radius 2 is 1.21 bits per heavy atom. The smallest absolute Gasteiger partial charge is 0.408 e. The summed E-state index contributed by atoms with van der Waals surface area (Å²) in [5.41, 5.74) is 13.7. The van der Waals surface area contributed by atoms with Gasteiger partial charge in [0, 0.05) is 43.2 Å². The van der Waals surface area contributed by atoms with Gasteiger partial charge in [-0.2, -0.15) is 0 Å². The van der Waals surface area contributed by atoms with Crippen molar-refractivity contribution in [2.24, 2.45) is 34.2 Å². The molecule has 82 heavy (non-hydrogen) atoms. The predicted molar refractivity (Wildman–Crippen MR) is 319 cm³/mol. The van der Waals surface area contributed by atoms with Gasteiger partial charge >= 0.3 is 6.09 Å². The van der Waals surface area contributed by atoms with Crippen LogP contribution in [0, 0.1) is 38.5 Å². The lowest BCUT2D eigenvalue weighted by atomic mass is 9.88. The SMILES string of the molecule is Cc1c(C)c(S(=O)(=O)NC(N)=NCCC[C@H](NC(=O)[C@@H](CC(=O)[C@H](CC(C)C)NC(=O)OC(C)(C)C)Cc2ccc(OC(C)(C)C)cc2)C(=O)C[C@@H](C)C(=O)N[C@@H](Cc2ccc(OC(C)(C)C)cc2)C(=O)CN)c(C)c2c1OC(C)(C)C2. The molecule has 3 aromatic rings. The molecule has 3 aromatic carbocycles. The molecule has 0 saturated heterocycles. The first kappa shape index (κ1) is 68.0. The number of carbonyl (C=O) groups excluding carboxylic acids is 6. The Hall–Kier alpha value is -6.54. The molecule has 0 unspecified atom stereocenters. The molecule has 0 saturated carbocycles. The summed E-state index contributed by atoms with van der Waals surface area (Å²) in [7, 11) is -4.24. The maximum atomic E-state index is 14.8. The third-order valence-electron chi connectivity index (χ3n) is 13.5. The molecular formula is C62H93N7O12S. The highest BCUT2D eigenvalue weighted by Crippen LogP contribution is 2.44. The molecule has 8 N–H and O–H groups in total. The minimum Gasteiger partial charge on any atom is -0.488 e. The third kappa shape index (κ3) is 21.3. The lowest BCUT2D eigenvalue weighted by Crippen LogP contribution is -2.49. The zero-order valence-corrected chi connectivity index (χ0v) is 52.4. The number of nitrogens with two attached hydrogens (primary N) is 2. The van der Waals surface area contributed by atoms with Crippen LogP contribution in [0.25, 0.3) is 0 Å². The third-order valence-corrected chi connectivity index (χ3v) is 15.1. The fraction of sp³-hybridized carbons (Fsp3) is 0.597. The molecule has 3 amide bonds. The zero-order chi connectivity index (χ0) is 61.9. The van der Waals surface area contributed by atoms with Crippen molar-refractivity contribution in [2.45, 2.75) is 214 Å². The summed E-state index contributed by atoms with van der Waals surface area (Å²) < 4.78 is 54.0. The Morgan fingerprint density at radius 1 is 0.683 bits per heavy atom. The molecule has 0 fully saturated rings. The number of guanidine groups is 1. The van der Waals surface area contributed by atoms with Crippen molar-refractivity contribution in [2.75, 3.05) is 13.1 Å². The molecule has 0 bridgehead atoms. The highest BCUT2D eigenvalue weighted by Gasteiger charge is 2.38. The number of nitrogens with one attached hydrogen (secondary N) is 4. The van der Waals surface area contributed by atoms with Gasteiger partial charge in [0.1, 0.15) is 39.7 Å². The summed E-state index contributed by atoms with van der Waals surface area (Å²) in [5, 5.41) is 8.40. The van der Waals surface area contributed by atoms with E-state index in [1.807, 2.05) is 76.2 Å². The number of hydrogen-bond acceptors (Lipinski definition) is 14. The first-order valence-electron chi connectivity index (χ1n) is 28.4. The second-order valence-electron chi connectivity index (χ2n) is 25.8. The lowest BCUT2D eigenvalue weighted by molar-refractivity contribution is -0.134. The van der Waals surface area contributed by atoms with E-state index in [0.29, 0.717) is 45.9 Å². The first-order chi connectivity index (χ1) is 37.8. The summed E-state index contributed by atoms with van der Waals surface area (Å²) in [4.78, 5) is 88.4. The second-order valence-corrected chi connectivity index (χ2v) is 27.4. The van der Waals surface area contributed by atoms with Crippen LogP contribution in [0.3, 0.4) is 0 Å². The normalized spacial score (nSPS) is 15.4. The monoisotopic (exact) mass is 1160 g/mol. The van der Waals surface area contributed by atoms with Crippen LogP contribution in [0.1, 0.15) is 162 Å². The van der Waals surface area contributed by atoms with E-state index < -0.39 is 104 Å². The van der Waals surface area contributed by atoms with Crippen molar-refractivity contribution in [1.82, 2.24) is 20.7 Å². The van der Waals surface area contributed by atoms with E-state index >= 15 is 0 Å². The summed E-state index contributed by atoms with van der Waals surface area (Å²) in [6, 6.07) is 11.0. The minimum absolute atomic E-state index is 0.0393. The Morgan fingerprint density at radius 3 is 1.72 bits per heavy atom. The first-order valence-corrected chi connectivity index (χ1v) is 29.8. The highest BCUT2D eigenvalue weighted by molar-refractivity contribution is 7.90. The average Bonchev–Trinajstić information content (AvgIpc) is 3.30. The molecule has 1 heterocycles. The number of alkyl carbamates (subject to hydrolysis) is 1. The molecule has 0 radical (unpaired) electrons. The Labute approximate surface area is 487 Å². The van der Waals surface area contributed by atoms with Crippen molar-refractivity contribution in [3.05, 3.63) is 81.9 Å². The molecule has 20 heteroatoms. The number of carbonyl (C=O) groups is 6. The molecule has 19 nitrogen and oxygen atoms in total. The van der Waals surface area contributed by atoms with Gasteiger partial charge < -0.3 is 46.4 Å². The summed E-state index contributed by atoms with van der Waals surface area (Å²) >= 11 is 0. The van der Waals surface area contributed by atoms with Crippen LogP contribution in [-0.4, -0.2) is 103 Å². The van der Waals surface area contributed by atoms with Gasteiger partial charge in [-0.3, -0.25) is 29.0 Å². The topological polar surface area (TPSA) is 286 Å². The van der Waals surface area contributed by atoms with Crippen LogP contribution in [0.5, 0.6) is 17.2 Å². The van der Waals surface area contributed by atoms with Crippen LogP contribution in [0.15, 0.2) is 58.4 Å². The largest absolute Gasteiger partial charge is 0.488 e. The van der Waals surface area contributed by atoms with Gasteiger partial charge in [-0.25, -0.2) is 17.9 Å². The van der Waals surface area contributed by atoms with Crippen molar-refractivity contribution in [3.8, 4) is 17.2 Å². The number of ketones is 3. The summed E-state index contributed by atoms with van der Waals surface area (Å²) in [6.45, 7) is 30.7. The van der Waals surface area contributed by atoms with E-state index in [2.05, 4.69) is 25.7 Å². The van der Waals surface area contributed by atoms with Crippen LogP contribution in [0.4, 0.5) is 4.79 Å². The Kier molecular flexibility index (Phi) is 23.3. The molecule has 0 aromatic heterocycles. The highest BCUT2D eigenvalue weighted by atomic mass is 32.2. The Bertz CT molecular complexity index is 2900. The number of sulfonamides is 1. The van der Waals surface area contributed by atoms with Crippen molar-refractivity contribution in [1.29, 1.82) is 0 Å². The van der Waals surface area contributed by atoms with Gasteiger partial charge in [0.25, 0.3) is 10.0 Å². The van der Waals surface area contributed by atoms with Crippen LogP contribution in [-0.2, 0) is 58.0 Å². The standard InChI is InChI=1S/C62H93N7O12S/c1-36(2)29-48(68-58(75)81-61(13,14)15)51(71)33-43(31-41-20-24-44(25-21-41)78-59(7,8)9)56(74)66-47(19-18-28-65-57(64)69-82(76,77)54-39(5)38(4)53-46(40(54)6)34-62(16,17)80-53)50(70)30-37(3)55(73)67-49(52(72)35-63)32-42-22-26-45(27-23-42)79-60(10,11)12/h20-27,36-37,43,47-49H,18-19,28-35,63H2,1-17H3,(H,66,74)(H,67,73)(H,68,75)(H3,64,65,69)/t37-,43-,47+,48+,49+/m1/s1. The van der Waals surface area contributed by atoms with Gasteiger partial charge in [0.2, 0.25) is 17.8 Å². The lowest BCUT2D eigenvalue weighted by Gasteiger charge is -2.26. The van der Waals surface area contributed by atoms with E-state index in [9.17, 15) is 37.2 Å². The fourth-order valence-electron chi connectivity index (χ4n) is 9.65. The number of amides is 3. The van der Waals surface area contributed by atoms with Crippen LogP contribution < -0.4 is 46.4 Å². The van der Waals surface area contributed by atoms with Gasteiger partial charge in [-0.05, 0) is 187 Å². The summed E-state index contributed by atoms with van der Waals surface area (Å²) in [5.74, 6) is -3.24. The molecule has 454 valence electrons. The van der Waals surface area contributed by atoms with E-state index in [1.54, 1.807) is 83.1 Å². The summed E-state index contributed by atoms with van der Waals surface area (Å²) in [6.07, 6.45) is -0.509. The van der Waals surface area contributed by atoms with Gasteiger partial charge in [-0.1, -0.05) is 45.0 Å². The molecule has 4 rings (SSSR count). The number of benzene rings is 3. The predicted octanol–water partition coefficient (Wildman–Crippen LogP) is 8.15. The van der Waals surface area contributed by atoms with Crippen LogP contribution in [0.2, 0.25) is 0 Å². The molecule has 0 spiro atoms. The fourth-order valence-corrected chi connectivity index (χ4v) is 11.2. The number of ether oxygens (including phenoxy) is 4. The van der Waals surface area contributed by atoms with E-state index in [0.717, 1.165) is 11.1 Å². The number of nitrogens with zero attached hydrogens (tertiary/aromatic N) is 1. The molecule has 5 atom stereocenters. The number of fused-ring (bicyclic) bond motifs is 1. The maximum Gasteiger partial charge on any atom is 0.408 e. The second kappa shape index (κ2) is 28.2. The van der Waals surface area contributed by atoms with Gasteiger partial charge in [0.15, 0.2) is 17.3 Å². The number of Topliss-reactive ketones (excluding diaryl/α,β-unsaturated/α-hetero) is 3. The number of hydrogen-bond donors (Lipinski definition) is 6. The average molecular weight is 1160 g/mol. The van der Waals surface area contributed by atoms with Crippen molar-refractivity contribution < 1.29 is 56.1 Å². The zero-order valence-electron chi connectivity index (χ0n) is 51.6. The number of rotatable bonds is 27. The van der Waals surface area contributed by atoms with E-state index in [1.165, 1.54) is 6.92 Å². The van der Waals surface area contributed by atoms with Crippen molar-refractivity contribution >= 4 is 51.2 Å². The molecule has 1 aliphatic rings. The van der Waals surface area contributed by atoms with Crippen LogP contribution >= 0.6 is 0 Å². The quantitative estimate of drug-likeness (QED) is 0.0239. The van der Waals surface area contributed by atoms with E-state index in [-0.39, 0.29) is 68.8 Å². The minimum atomic E-state index is -4.24. The number of aliphatic imine (C=N–C) groups is 1. The molecule has 0 aliphatic carbocycles. The van der Waals surface area contributed by atoms with Crippen molar-refractivity contribution in [3.63, 3.8) is 0 Å². The van der Waals surface area contributed by atoms with Gasteiger partial charge in [-0.15, -0.1) is 0 Å². The molecule has 1 aliphatic heterocycles. The molecular weight excluding hydrogens is 1070 g/mol.